The smallest absolute Gasteiger partial charge is 0.253 e. The molecule has 1 N–H and O–H groups in total. The lowest BCUT2D eigenvalue weighted by Gasteiger charge is -2.31. The van der Waals surface area contributed by atoms with Crippen molar-refractivity contribution in [1.29, 1.82) is 0 Å². The van der Waals surface area contributed by atoms with Crippen LogP contribution in [0.2, 0.25) is 0 Å². The molecule has 1 heterocycles. The highest BCUT2D eigenvalue weighted by Crippen LogP contribution is 2.30. The van der Waals surface area contributed by atoms with E-state index in [1.54, 1.807) is 19.2 Å². The number of carbonyl (C=O) groups excluding carboxylic acids is 2. The van der Waals surface area contributed by atoms with Gasteiger partial charge in [-0.15, -0.1) is 0 Å². The predicted octanol–water partition coefficient (Wildman–Crippen LogP) is 3.79. The molecule has 2 aliphatic rings. The van der Waals surface area contributed by atoms with Crippen molar-refractivity contribution in [2.45, 2.75) is 64.3 Å². The van der Waals surface area contributed by atoms with Crippen molar-refractivity contribution in [3.8, 4) is 11.5 Å². The van der Waals surface area contributed by atoms with E-state index in [1.165, 1.54) is 12.8 Å². The Labute approximate surface area is 173 Å². The minimum absolute atomic E-state index is 0.0150. The Kier molecular flexibility index (Phi) is 7.78. The van der Waals surface area contributed by atoms with Crippen LogP contribution in [0.1, 0.15) is 68.6 Å². The molecule has 1 aromatic rings. The second-order valence-electron chi connectivity index (χ2n) is 8.12. The molecular weight excluding hydrogens is 368 g/mol. The molecule has 1 saturated carbocycles. The molecule has 1 saturated heterocycles. The summed E-state index contributed by atoms with van der Waals surface area (Å²) in [5, 5.41) is 3.08. The number of hydrogen-bond acceptors (Lipinski definition) is 4. The minimum Gasteiger partial charge on any atom is -0.493 e. The molecular formula is C23H34N2O4. The number of likely N-dealkylation sites (tertiary alicyclic amines) is 1. The number of carbonyl (C=O) groups is 2. The number of methoxy groups -OCH3 is 1. The van der Waals surface area contributed by atoms with Crippen molar-refractivity contribution in [1.82, 2.24) is 10.2 Å². The van der Waals surface area contributed by atoms with Gasteiger partial charge >= 0.3 is 0 Å². The number of piperidine rings is 1. The van der Waals surface area contributed by atoms with Crippen molar-refractivity contribution >= 4 is 11.8 Å². The minimum atomic E-state index is -0.0150. The number of ether oxygens (including phenoxy) is 2. The molecule has 0 spiro atoms. The summed E-state index contributed by atoms with van der Waals surface area (Å²) in [6, 6.07) is 5.78. The SMILES string of the molecule is CCCCCCOc1ccc(C(=O)N2CCC(C(=O)NC3CC3)CC2)cc1OC. The second kappa shape index (κ2) is 10.5. The zero-order valence-electron chi connectivity index (χ0n) is 17.7. The van der Waals surface area contributed by atoms with Crippen LogP contribution in [0.15, 0.2) is 18.2 Å². The molecule has 1 aliphatic carbocycles. The molecule has 160 valence electrons. The number of amides is 2. The largest absolute Gasteiger partial charge is 0.493 e. The lowest BCUT2D eigenvalue weighted by atomic mass is 9.95. The molecule has 0 unspecified atom stereocenters. The van der Waals surface area contributed by atoms with Gasteiger partial charge in [-0.1, -0.05) is 26.2 Å². The summed E-state index contributed by atoms with van der Waals surface area (Å²) in [5.74, 6) is 1.43. The predicted molar refractivity (Wildman–Crippen MR) is 112 cm³/mol. The highest BCUT2D eigenvalue weighted by molar-refractivity contribution is 5.95. The quantitative estimate of drug-likeness (QED) is 0.605. The molecule has 29 heavy (non-hydrogen) atoms. The normalized spacial score (nSPS) is 17.1. The van der Waals surface area contributed by atoms with E-state index in [9.17, 15) is 9.59 Å². The zero-order valence-corrected chi connectivity index (χ0v) is 17.7. The Morgan fingerprint density at radius 3 is 2.48 bits per heavy atom. The van der Waals surface area contributed by atoms with Crippen molar-refractivity contribution in [3.63, 3.8) is 0 Å². The van der Waals surface area contributed by atoms with Crippen molar-refractivity contribution < 1.29 is 19.1 Å². The second-order valence-corrected chi connectivity index (χ2v) is 8.12. The molecule has 0 atom stereocenters. The Morgan fingerprint density at radius 1 is 1.07 bits per heavy atom. The van der Waals surface area contributed by atoms with Crippen LogP contribution in [0.4, 0.5) is 0 Å². The summed E-state index contributed by atoms with van der Waals surface area (Å²) in [4.78, 5) is 27.0. The van der Waals surface area contributed by atoms with Gasteiger partial charge in [0.1, 0.15) is 0 Å². The average Bonchev–Trinajstić information content (AvgIpc) is 3.57. The molecule has 0 radical (unpaired) electrons. The summed E-state index contributed by atoms with van der Waals surface area (Å²) < 4.78 is 11.3. The summed E-state index contributed by atoms with van der Waals surface area (Å²) in [5.41, 5.74) is 0.598. The third kappa shape index (κ3) is 6.12. The number of benzene rings is 1. The van der Waals surface area contributed by atoms with E-state index in [0.29, 0.717) is 42.8 Å². The van der Waals surface area contributed by atoms with Gasteiger partial charge in [-0.3, -0.25) is 9.59 Å². The van der Waals surface area contributed by atoms with Crippen LogP contribution in [-0.2, 0) is 4.79 Å². The molecule has 6 heteroatoms. The zero-order chi connectivity index (χ0) is 20.6. The summed E-state index contributed by atoms with van der Waals surface area (Å²) in [6.07, 6.45) is 8.23. The third-order valence-electron chi connectivity index (χ3n) is 5.74. The highest BCUT2D eigenvalue weighted by atomic mass is 16.5. The highest BCUT2D eigenvalue weighted by Gasteiger charge is 2.31. The first kappa shape index (κ1) is 21.5. The summed E-state index contributed by atoms with van der Waals surface area (Å²) in [7, 11) is 1.59. The van der Waals surface area contributed by atoms with Crippen molar-refractivity contribution in [3.05, 3.63) is 23.8 Å². The first-order valence-electron chi connectivity index (χ1n) is 11.0. The van der Waals surface area contributed by atoms with Gasteiger partial charge in [0, 0.05) is 30.6 Å². The van der Waals surface area contributed by atoms with Gasteiger partial charge < -0.3 is 19.7 Å². The van der Waals surface area contributed by atoms with Gasteiger partial charge in [0.05, 0.1) is 13.7 Å². The summed E-state index contributed by atoms with van der Waals surface area (Å²) in [6.45, 7) is 4.06. The number of hydrogen-bond donors (Lipinski definition) is 1. The van der Waals surface area contributed by atoms with Gasteiger partial charge in [-0.2, -0.15) is 0 Å². The maximum atomic E-state index is 12.9. The molecule has 0 aromatic heterocycles. The number of unbranched alkanes of at least 4 members (excludes halogenated alkanes) is 3. The van der Waals surface area contributed by atoms with Crippen molar-refractivity contribution in [2.75, 3.05) is 26.8 Å². The van der Waals surface area contributed by atoms with E-state index < -0.39 is 0 Å². The van der Waals surface area contributed by atoms with Gasteiger partial charge in [0.25, 0.3) is 5.91 Å². The van der Waals surface area contributed by atoms with Gasteiger partial charge in [-0.05, 0) is 50.3 Å². The summed E-state index contributed by atoms with van der Waals surface area (Å²) >= 11 is 0. The maximum absolute atomic E-state index is 12.9. The van der Waals surface area contributed by atoms with Gasteiger partial charge in [0.15, 0.2) is 11.5 Å². The van der Waals surface area contributed by atoms with Crippen LogP contribution >= 0.6 is 0 Å². The number of nitrogens with one attached hydrogen (secondary N) is 1. The van der Waals surface area contributed by atoms with E-state index in [4.69, 9.17) is 9.47 Å². The lowest BCUT2D eigenvalue weighted by molar-refractivity contribution is -0.126. The van der Waals surface area contributed by atoms with Gasteiger partial charge in [-0.25, -0.2) is 0 Å². The monoisotopic (exact) mass is 402 g/mol. The average molecular weight is 403 g/mol. The van der Waals surface area contributed by atoms with Crippen LogP contribution in [0.3, 0.4) is 0 Å². The Morgan fingerprint density at radius 2 is 1.83 bits per heavy atom. The fraction of sp³-hybridized carbons (Fsp3) is 0.652. The van der Waals surface area contributed by atoms with E-state index in [2.05, 4.69) is 12.2 Å². The fourth-order valence-corrected chi connectivity index (χ4v) is 3.70. The van der Waals surface area contributed by atoms with Crippen LogP contribution in [0, 0.1) is 5.92 Å². The Balaban J connectivity index is 1.51. The number of nitrogens with zero attached hydrogens (tertiary/aromatic N) is 1. The van der Waals surface area contributed by atoms with Crippen LogP contribution in [0.25, 0.3) is 0 Å². The first-order valence-corrected chi connectivity index (χ1v) is 11.0. The van der Waals surface area contributed by atoms with E-state index in [0.717, 1.165) is 38.5 Å². The molecule has 3 rings (SSSR count). The molecule has 1 aliphatic heterocycles. The Hall–Kier alpha value is -2.24. The van der Waals surface area contributed by atoms with Crippen LogP contribution in [0.5, 0.6) is 11.5 Å². The van der Waals surface area contributed by atoms with Gasteiger partial charge in [0.2, 0.25) is 5.91 Å². The topological polar surface area (TPSA) is 67.9 Å². The number of rotatable bonds is 10. The molecule has 1 aromatic carbocycles. The van der Waals surface area contributed by atoms with E-state index in [-0.39, 0.29) is 17.7 Å². The van der Waals surface area contributed by atoms with E-state index >= 15 is 0 Å². The third-order valence-corrected chi connectivity index (χ3v) is 5.74. The molecule has 6 nitrogen and oxygen atoms in total. The lowest BCUT2D eigenvalue weighted by Crippen LogP contribution is -2.43. The first-order chi connectivity index (χ1) is 14.1. The fourth-order valence-electron chi connectivity index (χ4n) is 3.70. The van der Waals surface area contributed by atoms with E-state index in [1.807, 2.05) is 11.0 Å². The van der Waals surface area contributed by atoms with Crippen molar-refractivity contribution in [2.24, 2.45) is 5.92 Å². The van der Waals surface area contributed by atoms with Crippen LogP contribution in [-0.4, -0.2) is 49.6 Å². The molecule has 2 fully saturated rings. The maximum Gasteiger partial charge on any atom is 0.253 e. The standard InChI is InChI=1S/C23H34N2O4/c1-3-4-5-6-15-29-20-10-7-18(16-21(20)28-2)23(27)25-13-11-17(12-14-25)22(26)24-19-8-9-19/h7,10,16-17,19H,3-6,8-9,11-15H2,1-2H3,(H,24,26). The molecule has 2 amide bonds. The van der Waals surface area contributed by atoms with Crippen LogP contribution < -0.4 is 14.8 Å². The Bertz CT molecular complexity index is 694. The molecule has 0 bridgehead atoms.